The van der Waals surface area contributed by atoms with Crippen molar-refractivity contribution in [2.24, 2.45) is 5.73 Å². The largest absolute Gasteiger partial charge is 0.404 e. The van der Waals surface area contributed by atoms with Gasteiger partial charge in [0.15, 0.2) is 17.5 Å². The molecular weight excluding hydrogens is 747 g/mol. The zero-order chi connectivity index (χ0) is 41.5. The van der Waals surface area contributed by atoms with E-state index in [9.17, 15) is 0 Å². The van der Waals surface area contributed by atoms with Crippen LogP contribution < -0.4 is 5.73 Å². The molecule has 4 aromatic heterocycles. The Kier molecular flexibility index (Phi) is 9.46. The summed E-state index contributed by atoms with van der Waals surface area (Å²) in [6.45, 7) is 8.30. The lowest BCUT2D eigenvalue weighted by Gasteiger charge is -2.21. The van der Waals surface area contributed by atoms with E-state index in [1.807, 2.05) is 91.1 Å². The van der Waals surface area contributed by atoms with Crippen LogP contribution >= 0.6 is 0 Å². The number of hydrogen-bond acceptors (Lipinski definition) is 7. The highest BCUT2D eigenvalue weighted by molar-refractivity contribution is 6.25. The van der Waals surface area contributed by atoms with Gasteiger partial charge >= 0.3 is 0 Å². The van der Waals surface area contributed by atoms with Crippen molar-refractivity contribution in [2.75, 3.05) is 0 Å². The number of nitrogens with zero attached hydrogens (tertiary/aromatic N) is 6. The molecule has 0 aliphatic rings. The topological polar surface area (TPSA) is 103 Å². The van der Waals surface area contributed by atoms with Crippen LogP contribution in [0.25, 0.3) is 105 Å². The number of fused-ring (bicyclic) bond motifs is 6. The van der Waals surface area contributed by atoms with Gasteiger partial charge in [0.1, 0.15) is 0 Å². The summed E-state index contributed by atoms with van der Waals surface area (Å²) in [5.74, 6) is 1.84. The second kappa shape index (κ2) is 15.5. The molecule has 7 heteroatoms. The molecule has 10 aromatic rings. The Balaban J connectivity index is 1.21. The molecular formula is C54H39N7. The number of rotatable bonds is 8. The fraction of sp³-hybridized carbons (Fsp3) is 0.0370. The highest BCUT2D eigenvalue weighted by Crippen LogP contribution is 2.45. The molecule has 0 bridgehead atoms. The van der Waals surface area contributed by atoms with E-state index in [0.717, 1.165) is 105 Å². The molecule has 7 nitrogen and oxygen atoms in total. The first kappa shape index (κ1) is 37.1. The van der Waals surface area contributed by atoms with E-state index >= 15 is 0 Å². The van der Waals surface area contributed by atoms with Crippen molar-refractivity contribution in [1.82, 2.24) is 29.9 Å². The number of nitrogens with two attached hydrogens (primary N) is 1. The van der Waals surface area contributed by atoms with Gasteiger partial charge in [-0.3, -0.25) is 4.98 Å². The number of benzene rings is 6. The Bertz CT molecular complexity index is 3340. The minimum absolute atomic E-state index is 0.599. The molecule has 0 aliphatic carbocycles. The maximum atomic E-state index is 6.34. The molecule has 290 valence electrons. The SMILES string of the molecule is C=C/C=C\C(=C/N)c1nc2ccccc2c2c(C)c3c(-c4cccnc4)nc4cc(-c5cccc(-c6nc(-c7ccccc7)nc(-c7ccccc7)n6)c5)ccc4c3c(C)c12. The molecule has 0 amide bonds. The lowest BCUT2D eigenvalue weighted by atomic mass is 9.85. The molecule has 0 saturated heterocycles. The number of pyridine rings is 3. The summed E-state index contributed by atoms with van der Waals surface area (Å²) in [5.41, 5.74) is 18.5. The van der Waals surface area contributed by atoms with Crippen LogP contribution in [0.15, 0.2) is 183 Å². The van der Waals surface area contributed by atoms with E-state index in [2.05, 4.69) is 92.1 Å². The number of hydrogen-bond donors (Lipinski definition) is 1. The lowest BCUT2D eigenvalue weighted by molar-refractivity contribution is 1.07. The van der Waals surface area contributed by atoms with Crippen molar-refractivity contribution in [3.05, 3.63) is 200 Å². The first-order chi connectivity index (χ1) is 30.0. The molecule has 0 unspecified atom stereocenters. The van der Waals surface area contributed by atoms with Gasteiger partial charge in [-0.05, 0) is 77.2 Å². The molecule has 0 spiro atoms. The number of aromatic nitrogens is 6. The van der Waals surface area contributed by atoms with Crippen LogP contribution in [0, 0.1) is 13.8 Å². The lowest BCUT2D eigenvalue weighted by Crippen LogP contribution is -2.01. The third-order valence-electron chi connectivity index (χ3n) is 11.3. The predicted molar refractivity (Wildman–Crippen MR) is 251 cm³/mol. The standard InChI is InChI=1S/C54H39N7/c1-4-5-16-40(31-55)50-48-34(3)47-43-27-26-38(30-45(43)58-51(41-23-15-28-56-32-41)49(47)33(2)46(48)42-24-12-13-25-44(42)57-50)37-21-14-22-39(29-37)54-60-52(35-17-8-6-9-18-35)59-53(61-54)36-19-10-7-11-20-36/h4-32H,1,55H2,2-3H3/b16-5-,40-31+. The number of para-hydroxylation sites is 1. The van der Waals surface area contributed by atoms with Crippen LogP contribution in [-0.2, 0) is 0 Å². The fourth-order valence-corrected chi connectivity index (χ4v) is 8.50. The van der Waals surface area contributed by atoms with Gasteiger partial charge in [-0.25, -0.2) is 24.9 Å². The molecule has 4 heterocycles. The van der Waals surface area contributed by atoms with Gasteiger partial charge in [0.05, 0.1) is 22.4 Å². The van der Waals surface area contributed by atoms with Gasteiger partial charge in [-0.15, -0.1) is 0 Å². The molecule has 6 aromatic carbocycles. The Labute approximate surface area is 353 Å². The molecule has 0 radical (unpaired) electrons. The van der Waals surface area contributed by atoms with E-state index < -0.39 is 0 Å². The van der Waals surface area contributed by atoms with Crippen molar-refractivity contribution < 1.29 is 0 Å². The summed E-state index contributed by atoms with van der Waals surface area (Å²) in [6, 6.07) is 47.4. The average molecular weight is 786 g/mol. The molecule has 10 rings (SSSR count). The summed E-state index contributed by atoms with van der Waals surface area (Å²) in [6.07, 6.45) is 10.9. The Morgan fingerprint density at radius 3 is 1.79 bits per heavy atom. The van der Waals surface area contributed by atoms with Gasteiger partial charge in [0, 0.05) is 68.0 Å². The predicted octanol–water partition coefficient (Wildman–Crippen LogP) is 12.7. The van der Waals surface area contributed by atoms with Crippen LogP contribution in [0.4, 0.5) is 0 Å². The first-order valence-corrected chi connectivity index (χ1v) is 20.2. The third-order valence-corrected chi connectivity index (χ3v) is 11.3. The van der Waals surface area contributed by atoms with Crippen LogP contribution in [0.3, 0.4) is 0 Å². The highest BCUT2D eigenvalue weighted by Gasteiger charge is 2.23. The van der Waals surface area contributed by atoms with Crippen molar-refractivity contribution in [3.63, 3.8) is 0 Å². The molecule has 0 fully saturated rings. The normalized spacial score (nSPS) is 11.9. The Morgan fingerprint density at radius 1 is 0.508 bits per heavy atom. The van der Waals surface area contributed by atoms with E-state index in [0.29, 0.717) is 17.5 Å². The smallest absolute Gasteiger partial charge is 0.164 e. The van der Waals surface area contributed by atoms with Gasteiger partial charge in [-0.2, -0.15) is 0 Å². The van der Waals surface area contributed by atoms with Crippen molar-refractivity contribution in [1.29, 1.82) is 0 Å². The van der Waals surface area contributed by atoms with Crippen LogP contribution in [0.2, 0.25) is 0 Å². The first-order valence-electron chi connectivity index (χ1n) is 20.2. The van der Waals surface area contributed by atoms with Gasteiger partial charge in [-0.1, -0.05) is 134 Å². The second-order valence-electron chi connectivity index (χ2n) is 15.0. The van der Waals surface area contributed by atoms with Gasteiger partial charge < -0.3 is 5.73 Å². The monoisotopic (exact) mass is 785 g/mol. The van der Waals surface area contributed by atoms with Crippen LogP contribution in [0.5, 0.6) is 0 Å². The maximum Gasteiger partial charge on any atom is 0.164 e. The third kappa shape index (κ3) is 6.59. The van der Waals surface area contributed by atoms with E-state index in [4.69, 9.17) is 30.7 Å². The minimum Gasteiger partial charge on any atom is -0.404 e. The zero-order valence-electron chi connectivity index (χ0n) is 33.7. The van der Waals surface area contributed by atoms with Crippen molar-refractivity contribution in [3.8, 4) is 56.5 Å². The fourth-order valence-electron chi connectivity index (χ4n) is 8.50. The summed E-state index contributed by atoms with van der Waals surface area (Å²) < 4.78 is 0. The summed E-state index contributed by atoms with van der Waals surface area (Å²) in [7, 11) is 0. The van der Waals surface area contributed by atoms with Gasteiger partial charge in [0.25, 0.3) is 0 Å². The molecule has 0 saturated carbocycles. The number of allylic oxidation sites excluding steroid dienone is 4. The Morgan fingerprint density at radius 2 is 1.10 bits per heavy atom. The minimum atomic E-state index is 0.599. The summed E-state index contributed by atoms with van der Waals surface area (Å²) in [4.78, 5) is 30.2. The van der Waals surface area contributed by atoms with E-state index in [-0.39, 0.29) is 0 Å². The van der Waals surface area contributed by atoms with Crippen molar-refractivity contribution >= 4 is 48.9 Å². The maximum absolute atomic E-state index is 6.34. The van der Waals surface area contributed by atoms with Crippen LogP contribution in [-0.4, -0.2) is 29.9 Å². The van der Waals surface area contributed by atoms with Gasteiger partial charge in [0.2, 0.25) is 0 Å². The van der Waals surface area contributed by atoms with E-state index in [1.165, 1.54) is 0 Å². The van der Waals surface area contributed by atoms with Crippen molar-refractivity contribution in [2.45, 2.75) is 13.8 Å². The van der Waals surface area contributed by atoms with E-state index in [1.54, 1.807) is 18.5 Å². The summed E-state index contributed by atoms with van der Waals surface area (Å²) in [5, 5.41) is 6.50. The average Bonchev–Trinajstić information content (AvgIpc) is 3.33. The molecule has 0 aliphatic heterocycles. The Hall–Kier alpha value is -8.16. The number of aryl methyl sites for hydroxylation is 2. The highest BCUT2D eigenvalue weighted by atomic mass is 15.0. The molecule has 0 atom stereocenters. The molecule has 61 heavy (non-hydrogen) atoms. The quantitative estimate of drug-likeness (QED) is 0.0929. The zero-order valence-corrected chi connectivity index (χ0v) is 33.7. The second-order valence-corrected chi connectivity index (χ2v) is 15.0. The summed E-state index contributed by atoms with van der Waals surface area (Å²) >= 11 is 0. The molecule has 2 N–H and O–H groups in total. The van der Waals surface area contributed by atoms with Crippen LogP contribution in [0.1, 0.15) is 16.8 Å².